The van der Waals surface area contributed by atoms with Gasteiger partial charge in [-0.3, -0.25) is 9.80 Å². The Bertz CT molecular complexity index is 979. The lowest BCUT2D eigenvalue weighted by molar-refractivity contribution is 0.0493. The molecule has 0 saturated carbocycles. The third-order valence-corrected chi connectivity index (χ3v) is 5.83. The highest BCUT2D eigenvalue weighted by atomic mass is 35.5. The van der Waals surface area contributed by atoms with Gasteiger partial charge < -0.3 is 5.11 Å². The highest BCUT2D eigenvalue weighted by molar-refractivity contribution is 6.30. The van der Waals surface area contributed by atoms with E-state index < -0.39 is 0 Å². The molecule has 0 aliphatic carbocycles. The molecular formula is C23H26ClFN4O. The van der Waals surface area contributed by atoms with Crippen molar-refractivity contribution in [3.63, 3.8) is 0 Å². The van der Waals surface area contributed by atoms with Crippen LogP contribution in [0.1, 0.15) is 17.5 Å². The van der Waals surface area contributed by atoms with Crippen molar-refractivity contribution < 1.29 is 9.50 Å². The molecule has 1 unspecified atom stereocenters. The third kappa shape index (κ3) is 5.08. The van der Waals surface area contributed by atoms with E-state index in [0.29, 0.717) is 23.6 Å². The minimum atomic E-state index is -0.170. The van der Waals surface area contributed by atoms with E-state index in [0.717, 1.165) is 37.4 Å². The number of aliphatic hydroxyl groups excluding tert-OH is 1. The average Bonchev–Trinajstić information content (AvgIpc) is 3.20. The van der Waals surface area contributed by atoms with Gasteiger partial charge in [-0.05, 0) is 30.7 Å². The fourth-order valence-corrected chi connectivity index (χ4v) is 4.22. The molecule has 1 saturated heterocycles. The van der Waals surface area contributed by atoms with E-state index in [1.54, 1.807) is 6.07 Å². The molecule has 7 heteroatoms. The van der Waals surface area contributed by atoms with Crippen molar-refractivity contribution in [3.8, 4) is 5.69 Å². The highest BCUT2D eigenvalue weighted by Gasteiger charge is 2.27. The minimum absolute atomic E-state index is 0.124. The van der Waals surface area contributed by atoms with Crippen molar-refractivity contribution in [2.45, 2.75) is 25.6 Å². The van der Waals surface area contributed by atoms with Gasteiger partial charge in [0.2, 0.25) is 0 Å². The summed E-state index contributed by atoms with van der Waals surface area (Å²) in [6.45, 7) is 4.03. The molecule has 3 aromatic rings. The Morgan fingerprint density at radius 1 is 1.10 bits per heavy atom. The van der Waals surface area contributed by atoms with Gasteiger partial charge in [0.15, 0.2) is 0 Å². The first-order chi connectivity index (χ1) is 14.6. The summed E-state index contributed by atoms with van der Waals surface area (Å²) in [4.78, 5) is 4.65. The maximum atomic E-state index is 14.1. The summed E-state index contributed by atoms with van der Waals surface area (Å²) in [5.41, 5.74) is 2.76. The van der Waals surface area contributed by atoms with Gasteiger partial charge in [0.05, 0.1) is 11.9 Å². The largest absolute Gasteiger partial charge is 0.396 e. The van der Waals surface area contributed by atoms with Gasteiger partial charge in [0.1, 0.15) is 5.82 Å². The molecule has 0 radical (unpaired) electrons. The summed E-state index contributed by atoms with van der Waals surface area (Å²) < 4.78 is 15.9. The number of benzene rings is 2. The Balaban J connectivity index is 1.40. The summed E-state index contributed by atoms with van der Waals surface area (Å²) >= 11 is 6.09. The third-order valence-electron chi connectivity index (χ3n) is 5.60. The Morgan fingerprint density at radius 2 is 1.97 bits per heavy atom. The number of hydrogen-bond acceptors (Lipinski definition) is 4. The number of hydrogen-bond donors (Lipinski definition) is 1. The van der Waals surface area contributed by atoms with E-state index in [9.17, 15) is 9.50 Å². The summed E-state index contributed by atoms with van der Waals surface area (Å²) in [5.74, 6) is -0.170. The van der Waals surface area contributed by atoms with Gasteiger partial charge >= 0.3 is 0 Å². The zero-order chi connectivity index (χ0) is 20.9. The second-order valence-electron chi connectivity index (χ2n) is 7.74. The maximum Gasteiger partial charge on any atom is 0.127 e. The van der Waals surface area contributed by atoms with Crippen LogP contribution in [0.4, 0.5) is 4.39 Å². The minimum Gasteiger partial charge on any atom is -0.396 e. The van der Waals surface area contributed by atoms with Crippen LogP contribution < -0.4 is 0 Å². The molecule has 1 fully saturated rings. The number of aromatic nitrogens is 2. The van der Waals surface area contributed by atoms with Crippen LogP contribution in [-0.4, -0.2) is 57.0 Å². The molecule has 1 N–H and O–H groups in total. The van der Waals surface area contributed by atoms with E-state index in [1.807, 2.05) is 53.5 Å². The lowest BCUT2D eigenvalue weighted by atomic mass is 10.1. The van der Waals surface area contributed by atoms with Crippen LogP contribution in [0, 0.1) is 5.82 Å². The standard InChI is InChI=1S/C23H26ClFN4O/c24-20-5-3-6-21(12-20)29-15-18(13-26-29)14-27-9-10-28(22(17-27)8-11-30)16-19-4-1-2-7-23(19)25/h1-7,12-13,15,22,30H,8-11,14,16-17H2. The van der Waals surface area contributed by atoms with Crippen LogP contribution in [0.15, 0.2) is 60.9 Å². The van der Waals surface area contributed by atoms with Crippen molar-refractivity contribution in [1.82, 2.24) is 19.6 Å². The molecule has 0 amide bonds. The molecule has 158 valence electrons. The van der Waals surface area contributed by atoms with Gasteiger partial charge in [-0.2, -0.15) is 5.10 Å². The lowest BCUT2D eigenvalue weighted by Crippen LogP contribution is -2.52. The number of nitrogens with zero attached hydrogens (tertiary/aromatic N) is 4. The Kier molecular flexibility index (Phi) is 6.79. The first-order valence-electron chi connectivity index (χ1n) is 10.2. The quantitative estimate of drug-likeness (QED) is 0.622. The van der Waals surface area contributed by atoms with Gasteiger partial charge in [0, 0.05) is 67.7 Å². The van der Waals surface area contributed by atoms with Gasteiger partial charge in [-0.25, -0.2) is 9.07 Å². The molecule has 2 aromatic carbocycles. The Hall–Kier alpha value is -2.25. The van der Waals surface area contributed by atoms with Crippen LogP contribution in [0.25, 0.3) is 5.69 Å². The van der Waals surface area contributed by atoms with E-state index in [4.69, 9.17) is 11.6 Å². The van der Waals surface area contributed by atoms with Crippen LogP contribution in [0.3, 0.4) is 0 Å². The molecule has 1 aromatic heterocycles. The molecule has 4 rings (SSSR count). The van der Waals surface area contributed by atoms with Crippen molar-refractivity contribution in [3.05, 3.63) is 82.9 Å². The second-order valence-corrected chi connectivity index (χ2v) is 8.17. The average molecular weight is 429 g/mol. The van der Waals surface area contributed by atoms with Crippen LogP contribution in [0.5, 0.6) is 0 Å². The van der Waals surface area contributed by atoms with E-state index in [2.05, 4.69) is 14.9 Å². The first kappa shape index (κ1) is 21.0. The Morgan fingerprint density at radius 3 is 2.77 bits per heavy atom. The maximum absolute atomic E-state index is 14.1. The fraction of sp³-hybridized carbons (Fsp3) is 0.348. The van der Waals surface area contributed by atoms with Crippen molar-refractivity contribution in [1.29, 1.82) is 0 Å². The highest BCUT2D eigenvalue weighted by Crippen LogP contribution is 2.20. The molecule has 1 aliphatic rings. The van der Waals surface area contributed by atoms with Crippen molar-refractivity contribution in [2.24, 2.45) is 0 Å². The molecule has 1 aliphatic heterocycles. The molecule has 5 nitrogen and oxygen atoms in total. The van der Waals surface area contributed by atoms with E-state index >= 15 is 0 Å². The second kappa shape index (κ2) is 9.71. The molecule has 0 bridgehead atoms. The predicted octanol–water partition coefficient (Wildman–Crippen LogP) is 3.73. The lowest BCUT2D eigenvalue weighted by Gasteiger charge is -2.41. The molecule has 0 spiro atoms. The normalized spacial score (nSPS) is 18.0. The predicted molar refractivity (Wildman–Crippen MR) is 116 cm³/mol. The van der Waals surface area contributed by atoms with Gasteiger partial charge in [0.25, 0.3) is 0 Å². The zero-order valence-electron chi connectivity index (χ0n) is 16.8. The van der Waals surface area contributed by atoms with Crippen LogP contribution in [-0.2, 0) is 13.1 Å². The van der Waals surface area contributed by atoms with Crippen LogP contribution >= 0.6 is 11.6 Å². The van der Waals surface area contributed by atoms with Crippen molar-refractivity contribution >= 4 is 11.6 Å². The number of rotatable bonds is 7. The molecule has 2 heterocycles. The molecule has 30 heavy (non-hydrogen) atoms. The first-order valence-corrected chi connectivity index (χ1v) is 10.6. The number of halogens is 2. The number of aliphatic hydroxyl groups is 1. The van der Waals surface area contributed by atoms with Gasteiger partial charge in [-0.1, -0.05) is 35.9 Å². The fourth-order valence-electron chi connectivity index (χ4n) is 4.04. The summed E-state index contributed by atoms with van der Waals surface area (Å²) in [6.07, 6.45) is 4.58. The summed E-state index contributed by atoms with van der Waals surface area (Å²) in [7, 11) is 0. The number of piperazine rings is 1. The topological polar surface area (TPSA) is 44.5 Å². The molecular weight excluding hydrogens is 403 g/mol. The monoisotopic (exact) mass is 428 g/mol. The zero-order valence-corrected chi connectivity index (χ0v) is 17.5. The summed E-state index contributed by atoms with van der Waals surface area (Å²) in [6, 6.07) is 14.7. The van der Waals surface area contributed by atoms with E-state index in [1.165, 1.54) is 6.07 Å². The SMILES string of the molecule is OCCC1CN(Cc2cnn(-c3cccc(Cl)c3)c2)CCN1Cc1ccccc1F. The van der Waals surface area contributed by atoms with E-state index in [-0.39, 0.29) is 18.5 Å². The smallest absolute Gasteiger partial charge is 0.127 e. The van der Waals surface area contributed by atoms with Crippen LogP contribution in [0.2, 0.25) is 5.02 Å². The summed E-state index contributed by atoms with van der Waals surface area (Å²) in [5, 5.41) is 14.7. The molecule has 1 atom stereocenters. The Labute approximate surface area is 181 Å². The van der Waals surface area contributed by atoms with Crippen molar-refractivity contribution in [2.75, 3.05) is 26.2 Å². The van der Waals surface area contributed by atoms with Gasteiger partial charge in [-0.15, -0.1) is 0 Å².